The van der Waals surface area contributed by atoms with Gasteiger partial charge in [0.15, 0.2) is 0 Å². The molecule has 0 bridgehead atoms. The van der Waals surface area contributed by atoms with Gasteiger partial charge in [-0.3, -0.25) is 19.7 Å². The molecule has 2 amide bonds. The van der Waals surface area contributed by atoms with Crippen LogP contribution in [0.25, 0.3) is 0 Å². The van der Waals surface area contributed by atoms with E-state index in [1.807, 2.05) is 6.07 Å². The Morgan fingerprint density at radius 1 is 1.00 bits per heavy atom. The maximum absolute atomic E-state index is 12.6. The Morgan fingerprint density at radius 3 is 2.47 bits per heavy atom. The minimum Gasteiger partial charge on any atom is -0.324 e. The van der Waals surface area contributed by atoms with Gasteiger partial charge in [-0.1, -0.05) is 41.4 Å². The van der Waals surface area contributed by atoms with Crippen molar-refractivity contribution < 1.29 is 14.5 Å². The van der Waals surface area contributed by atoms with E-state index in [-0.39, 0.29) is 22.2 Å². The smallest absolute Gasteiger partial charge is 0.270 e. The third-order valence-electron chi connectivity index (χ3n) is 4.30. The van der Waals surface area contributed by atoms with Crippen molar-refractivity contribution in [1.29, 1.82) is 0 Å². The van der Waals surface area contributed by atoms with Crippen LogP contribution in [0.5, 0.6) is 0 Å². The largest absolute Gasteiger partial charge is 0.324 e. The molecule has 3 aromatic rings. The van der Waals surface area contributed by atoms with Crippen molar-refractivity contribution in [2.24, 2.45) is 0 Å². The number of halogens is 2. The van der Waals surface area contributed by atoms with Gasteiger partial charge in [0.2, 0.25) is 5.91 Å². The molecule has 3 aromatic carbocycles. The molecule has 0 aromatic heterocycles. The van der Waals surface area contributed by atoms with Gasteiger partial charge in [0.05, 0.1) is 25.9 Å². The Hall–Kier alpha value is -3.07. The van der Waals surface area contributed by atoms with Crippen LogP contribution in [0.2, 0.25) is 10.0 Å². The van der Waals surface area contributed by atoms with E-state index in [4.69, 9.17) is 23.2 Å². The summed E-state index contributed by atoms with van der Waals surface area (Å²) in [5.41, 5.74) is 0.927. The molecule has 0 saturated carbocycles. The summed E-state index contributed by atoms with van der Waals surface area (Å²) in [5.74, 6) is -0.734. The minimum absolute atomic E-state index is 0.165. The van der Waals surface area contributed by atoms with Gasteiger partial charge in [-0.15, -0.1) is 11.8 Å². The number of nitro benzene ring substituents is 1. The second-order valence-corrected chi connectivity index (χ2v) is 8.84. The highest BCUT2D eigenvalue weighted by atomic mass is 35.5. The van der Waals surface area contributed by atoms with Crippen LogP contribution in [0.3, 0.4) is 0 Å². The number of hydrogen-bond acceptors (Lipinski definition) is 5. The lowest BCUT2D eigenvalue weighted by atomic mass is 10.2. The number of benzene rings is 3. The van der Waals surface area contributed by atoms with E-state index in [0.717, 1.165) is 4.90 Å². The molecule has 0 aliphatic heterocycles. The van der Waals surface area contributed by atoms with Crippen LogP contribution in [-0.2, 0) is 4.79 Å². The number of rotatable bonds is 7. The van der Waals surface area contributed by atoms with Gasteiger partial charge in [-0.25, -0.2) is 0 Å². The molecule has 3 rings (SSSR count). The fourth-order valence-electron chi connectivity index (χ4n) is 2.70. The molecule has 0 fully saturated rings. The van der Waals surface area contributed by atoms with Crippen molar-refractivity contribution in [3.05, 3.63) is 92.5 Å². The summed E-state index contributed by atoms with van der Waals surface area (Å²) in [7, 11) is 0. The van der Waals surface area contributed by atoms with Gasteiger partial charge in [0, 0.05) is 28.3 Å². The molecule has 2 N–H and O–H groups in total. The number of carbonyl (C=O) groups excluding carboxylic acids is 2. The number of nitro groups is 1. The molecular weight excluding hydrogens is 473 g/mol. The number of nitrogens with one attached hydrogen (secondary N) is 2. The first-order valence-electron chi connectivity index (χ1n) is 9.32. The Kier molecular flexibility index (Phi) is 7.74. The molecule has 1 atom stereocenters. The number of carbonyl (C=O) groups is 2. The number of amides is 2. The summed E-state index contributed by atoms with van der Waals surface area (Å²) < 4.78 is 0. The quantitative estimate of drug-likeness (QED) is 0.231. The van der Waals surface area contributed by atoms with Crippen LogP contribution in [-0.4, -0.2) is 22.0 Å². The van der Waals surface area contributed by atoms with Crippen molar-refractivity contribution in [3.8, 4) is 0 Å². The predicted molar refractivity (Wildman–Crippen MR) is 128 cm³/mol. The zero-order valence-corrected chi connectivity index (χ0v) is 19.0. The maximum atomic E-state index is 12.6. The fraction of sp³-hybridized carbons (Fsp3) is 0.0909. The first-order chi connectivity index (χ1) is 15.2. The number of nitrogens with zero attached hydrogens (tertiary/aromatic N) is 1. The summed E-state index contributed by atoms with van der Waals surface area (Å²) in [6, 6.07) is 17.4. The third-order valence-corrected chi connectivity index (χ3v) is 6.22. The monoisotopic (exact) mass is 489 g/mol. The second kappa shape index (κ2) is 10.5. The maximum Gasteiger partial charge on any atom is 0.270 e. The normalized spacial score (nSPS) is 11.5. The molecule has 164 valence electrons. The fourth-order valence-corrected chi connectivity index (χ4v) is 3.98. The molecule has 10 heteroatoms. The molecule has 0 spiro atoms. The van der Waals surface area contributed by atoms with Crippen molar-refractivity contribution >= 4 is 63.8 Å². The van der Waals surface area contributed by atoms with Gasteiger partial charge in [-0.05, 0) is 43.3 Å². The zero-order chi connectivity index (χ0) is 23.3. The van der Waals surface area contributed by atoms with Crippen LogP contribution in [0, 0.1) is 10.1 Å². The number of thioether (sulfide) groups is 1. The van der Waals surface area contributed by atoms with E-state index in [1.165, 1.54) is 36.0 Å². The lowest BCUT2D eigenvalue weighted by Gasteiger charge is -2.14. The molecule has 7 nitrogen and oxygen atoms in total. The lowest BCUT2D eigenvalue weighted by Crippen LogP contribution is -2.22. The van der Waals surface area contributed by atoms with E-state index in [1.54, 1.807) is 43.3 Å². The molecule has 0 radical (unpaired) electrons. The summed E-state index contributed by atoms with van der Waals surface area (Å²) in [4.78, 5) is 36.1. The van der Waals surface area contributed by atoms with Crippen molar-refractivity contribution in [2.75, 3.05) is 10.6 Å². The summed E-state index contributed by atoms with van der Waals surface area (Å²) in [5, 5.41) is 16.5. The molecule has 0 saturated heterocycles. The van der Waals surface area contributed by atoms with E-state index in [2.05, 4.69) is 10.6 Å². The van der Waals surface area contributed by atoms with Crippen LogP contribution < -0.4 is 10.6 Å². The Morgan fingerprint density at radius 2 is 1.72 bits per heavy atom. The minimum atomic E-state index is -0.558. The zero-order valence-electron chi connectivity index (χ0n) is 16.7. The SMILES string of the molecule is CC(Sc1cccc(NC(=O)c2cccc([N+](=O)[O-])c2)c1)C(=O)Nc1cccc(Cl)c1Cl. The number of non-ortho nitro benzene ring substituents is 1. The van der Waals surface area contributed by atoms with Crippen molar-refractivity contribution in [1.82, 2.24) is 0 Å². The average molecular weight is 490 g/mol. The van der Waals surface area contributed by atoms with Crippen LogP contribution >= 0.6 is 35.0 Å². The molecule has 0 heterocycles. The Labute approximate surface area is 198 Å². The predicted octanol–water partition coefficient (Wildman–Crippen LogP) is 6.27. The standard InChI is InChI=1S/C22H17Cl2N3O4S/c1-13(21(28)26-19-10-4-9-18(23)20(19)24)32-17-8-3-6-15(12-17)25-22(29)14-5-2-7-16(11-14)27(30)31/h2-13H,1H3,(H,25,29)(H,26,28). The topological polar surface area (TPSA) is 101 Å². The molecular formula is C22H17Cl2N3O4S. The van der Waals surface area contributed by atoms with Gasteiger partial charge < -0.3 is 10.6 Å². The molecule has 0 aliphatic rings. The summed E-state index contributed by atoms with van der Waals surface area (Å²) in [6.45, 7) is 1.74. The van der Waals surface area contributed by atoms with Gasteiger partial charge in [-0.2, -0.15) is 0 Å². The molecule has 1 unspecified atom stereocenters. The van der Waals surface area contributed by atoms with Crippen LogP contribution in [0.15, 0.2) is 71.6 Å². The molecule has 0 aliphatic carbocycles. The van der Waals surface area contributed by atoms with Gasteiger partial charge in [0.25, 0.3) is 11.6 Å². The lowest BCUT2D eigenvalue weighted by molar-refractivity contribution is -0.384. The van der Waals surface area contributed by atoms with Gasteiger partial charge >= 0.3 is 0 Å². The van der Waals surface area contributed by atoms with E-state index >= 15 is 0 Å². The molecule has 32 heavy (non-hydrogen) atoms. The Bertz CT molecular complexity index is 1190. The average Bonchev–Trinajstić information content (AvgIpc) is 2.77. The summed E-state index contributed by atoms with van der Waals surface area (Å²) >= 11 is 13.4. The van der Waals surface area contributed by atoms with Crippen molar-refractivity contribution in [3.63, 3.8) is 0 Å². The third kappa shape index (κ3) is 6.00. The first kappa shape index (κ1) is 23.6. The highest BCUT2D eigenvalue weighted by Crippen LogP contribution is 2.31. The number of anilines is 2. The van der Waals surface area contributed by atoms with Crippen LogP contribution in [0.4, 0.5) is 17.1 Å². The second-order valence-electron chi connectivity index (χ2n) is 6.64. The summed E-state index contributed by atoms with van der Waals surface area (Å²) in [6.07, 6.45) is 0. The highest BCUT2D eigenvalue weighted by Gasteiger charge is 2.17. The van der Waals surface area contributed by atoms with Gasteiger partial charge in [0.1, 0.15) is 0 Å². The van der Waals surface area contributed by atoms with E-state index in [0.29, 0.717) is 16.4 Å². The van der Waals surface area contributed by atoms with E-state index in [9.17, 15) is 19.7 Å². The number of hydrogen-bond donors (Lipinski definition) is 2. The van der Waals surface area contributed by atoms with E-state index < -0.39 is 16.1 Å². The van der Waals surface area contributed by atoms with Crippen LogP contribution in [0.1, 0.15) is 17.3 Å². The highest BCUT2D eigenvalue weighted by molar-refractivity contribution is 8.00. The first-order valence-corrected chi connectivity index (χ1v) is 11.0. The van der Waals surface area contributed by atoms with Crippen molar-refractivity contribution in [2.45, 2.75) is 17.1 Å². The Balaban J connectivity index is 1.66.